The first-order chi connectivity index (χ1) is 17.0. The van der Waals surface area contributed by atoms with Crippen molar-refractivity contribution in [3.8, 4) is 16.9 Å². The van der Waals surface area contributed by atoms with Gasteiger partial charge < -0.3 is 20.3 Å². The molecule has 2 aromatic heterocycles. The monoisotopic (exact) mass is 473 g/mol. The Labute approximate surface area is 205 Å². The van der Waals surface area contributed by atoms with E-state index in [0.717, 1.165) is 67.0 Å². The van der Waals surface area contributed by atoms with Crippen molar-refractivity contribution < 1.29 is 9.53 Å². The second-order valence-corrected chi connectivity index (χ2v) is 9.16. The number of carbonyl (C=O) groups excluding carboxylic acids is 1. The van der Waals surface area contributed by atoms with E-state index in [1.54, 1.807) is 19.4 Å². The van der Waals surface area contributed by atoms with Gasteiger partial charge in [0, 0.05) is 37.1 Å². The summed E-state index contributed by atoms with van der Waals surface area (Å²) in [5, 5.41) is 0. The fourth-order valence-electron chi connectivity index (χ4n) is 5.02. The van der Waals surface area contributed by atoms with Gasteiger partial charge in [0.15, 0.2) is 0 Å². The van der Waals surface area contributed by atoms with Crippen molar-refractivity contribution in [2.75, 3.05) is 37.4 Å². The molecule has 9 heteroatoms. The zero-order valence-corrected chi connectivity index (χ0v) is 20.3. The maximum Gasteiger partial charge on any atom is 0.273 e. The van der Waals surface area contributed by atoms with Gasteiger partial charge in [0.2, 0.25) is 11.9 Å². The van der Waals surface area contributed by atoms with E-state index in [4.69, 9.17) is 15.5 Å². The first-order valence-electron chi connectivity index (χ1n) is 12.2. The van der Waals surface area contributed by atoms with E-state index in [1.807, 2.05) is 36.1 Å². The summed E-state index contributed by atoms with van der Waals surface area (Å²) >= 11 is 0. The highest BCUT2D eigenvalue weighted by Gasteiger charge is 2.34. The summed E-state index contributed by atoms with van der Waals surface area (Å²) in [7, 11) is 1.64. The van der Waals surface area contributed by atoms with Crippen LogP contribution in [0, 0.1) is 6.92 Å². The summed E-state index contributed by atoms with van der Waals surface area (Å²) in [6.45, 7) is 4.40. The van der Waals surface area contributed by atoms with E-state index in [9.17, 15) is 4.79 Å². The number of nitrogen functional groups attached to an aromatic ring is 1. The molecular formula is C26H31N7O2. The van der Waals surface area contributed by atoms with Crippen molar-refractivity contribution in [2.24, 2.45) is 0 Å². The number of aryl methyl sites for hydroxylation is 1. The Morgan fingerprint density at radius 1 is 1.06 bits per heavy atom. The third-order valence-electron chi connectivity index (χ3n) is 6.75. The Morgan fingerprint density at radius 3 is 2.69 bits per heavy atom. The normalized spacial score (nSPS) is 18.1. The molecule has 2 aliphatic rings. The molecule has 0 unspecified atom stereocenters. The summed E-state index contributed by atoms with van der Waals surface area (Å²) in [5.41, 5.74) is 9.74. The van der Waals surface area contributed by atoms with Crippen LogP contribution in [0.25, 0.3) is 11.1 Å². The smallest absolute Gasteiger partial charge is 0.273 e. The third-order valence-corrected chi connectivity index (χ3v) is 6.75. The molecule has 9 nitrogen and oxygen atoms in total. The van der Waals surface area contributed by atoms with Crippen molar-refractivity contribution in [1.82, 2.24) is 24.8 Å². The number of methoxy groups -OCH3 is 1. The molecule has 3 aromatic rings. The van der Waals surface area contributed by atoms with Gasteiger partial charge in [0.25, 0.3) is 5.91 Å². The van der Waals surface area contributed by atoms with Crippen LogP contribution in [-0.2, 0) is 0 Å². The molecule has 1 aromatic carbocycles. The fraction of sp³-hybridized carbons (Fsp3) is 0.423. The highest BCUT2D eigenvalue weighted by Crippen LogP contribution is 2.38. The number of hydrogen-bond donors (Lipinski definition) is 1. The van der Waals surface area contributed by atoms with Gasteiger partial charge in [-0.05, 0) is 62.8 Å². The largest absolute Gasteiger partial charge is 0.497 e. The molecule has 182 valence electrons. The van der Waals surface area contributed by atoms with Crippen LogP contribution >= 0.6 is 0 Å². The molecule has 2 N–H and O–H groups in total. The minimum Gasteiger partial charge on any atom is -0.497 e. The maximum absolute atomic E-state index is 13.8. The van der Waals surface area contributed by atoms with Crippen molar-refractivity contribution >= 4 is 17.8 Å². The zero-order valence-electron chi connectivity index (χ0n) is 20.3. The Kier molecular flexibility index (Phi) is 6.48. The van der Waals surface area contributed by atoms with Crippen LogP contribution in [0.4, 0.5) is 11.9 Å². The van der Waals surface area contributed by atoms with Gasteiger partial charge in [-0.15, -0.1) is 0 Å². The molecular weight excluding hydrogens is 442 g/mol. The predicted molar refractivity (Wildman–Crippen MR) is 134 cm³/mol. The molecule has 2 fully saturated rings. The average molecular weight is 474 g/mol. The van der Waals surface area contributed by atoms with E-state index >= 15 is 0 Å². The lowest BCUT2D eigenvalue weighted by molar-refractivity contribution is 0.0727. The molecule has 5 rings (SSSR count). The number of piperidine rings is 1. The summed E-state index contributed by atoms with van der Waals surface area (Å²) in [4.78, 5) is 36.0. The minimum absolute atomic E-state index is 0.106. The first kappa shape index (κ1) is 23.0. The summed E-state index contributed by atoms with van der Waals surface area (Å²) in [5.74, 6) is 1.47. The van der Waals surface area contributed by atoms with Gasteiger partial charge in [-0.1, -0.05) is 12.1 Å². The Balaban J connectivity index is 1.49. The quantitative estimate of drug-likeness (QED) is 0.596. The number of hydrogen-bond acceptors (Lipinski definition) is 8. The van der Waals surface area contributed by atoms with E-state index in [0.29, 0.717) is 18.2 Å². The van der Waals surface area contributed by atoms with Crippen LogP contribution in [0.2, 0.25) is 0 Å². The van der Waals surface area contributed by atoms with Crippen LogP contribution in [0.15, 0.2) is 36.5 Å². The molecule has 4 heterocycles. The standard InChI is InChI=1S/C26H31N7O2/c1-17-14-21(30-26(29-17)32-11-4-3-5-12-32)24(34)33-13-7-10-22(33)23-20(16-28-25(27)31-23)18-8-6-9-19(15-18)35-2/h6,8-9,14-16,22H,3-5,7,10-13H2,1-2H3,(H2,27,28,31)/t22-/m0/s1. The van der Waals surface area contributed by atoms with E-state index < -0.39 is 0 Å². The average Bonchev–Trinajstić information content (AvgIpc) is 3.38. The molecule has 1 atom stereocenters. The number of ether oxygens (including phenoxy) is 1. The molecule has 35 heavy (non-hydrogen) atoms. The molecule has 0 saturated carbocycles. The topological polar surface area (TPSA) is 110 Å². The van der Waals surface area contributed by atoms with Crippen LogP contribution < -0.4 is 15.4 Å². The van der Waals surface area contributed by atoms with Crippen molar-refractivity contribution in [3.63, 3.8) is 0 Å². The van der Waals surface area contributed by atoms with Gasteiger partial charge in [-0.2, -0.15) is 0 Å². The van der Waals surface area contributed by atoms with Gasteiger partial charge in [-0.3, -0.25) is 4.79 Å². The van der Waals surface area contributed by atoms with E-state index in [-0.39, 0.29) is 17.9 Å². The van der Waals surface area contributed by atoms with Crippen LogP contribution in [0.3, 0.4) is 0 Å². The number of nitrogens with zero attached hydrogens (tertiary/aromatic N) is 6. The summed E-state index contributed by atoms with van der Waals surface area (Å²) in [6, 6.07) is 9.31. The lowest BCUT2D eigenvalue weighted by atomic mass is 9.99. The van der Waals surface area contributed by atoms with Crippen LogP contribution in [-0.4, -0.2) is 57.5 Å². The highest BCUT2D eigenvalue weighted by atomic mass is 16.5. The second kappa shape index (κ2) is 9.85. The Morgan fingerprint density at radius 2 is 1.89 bits per heavy atom. The summed E-state index contributed by atoms with van der Waals surface area (Å²) < 4.78 is 5.41. The molecule has 0 bridgehead atoms. The number of benzene rings is 1. The zero-order chi connectivity index (χ0) is 24.4. The second-order valence-electron chi connectivity index (χ2n) is 9.16. The summed E-state index contributed by atoms with van der Waals surface area (Å²) in [6.07, 6.45) is 6.87. The third kappa shape index (κ3) is 4.76. The van der Waals surface area contributed by atoms with Gasteiger partial charge in [0.05, 0.1) is 18.8 Å². The molecule has 0 aliphatic carbocycles. The number of likely N-dealkylation sites (tertiary alicyclic amines) is 1. The molecule has 2 aliphatic heterocycles. The maximum atomic E-state index is 13.8. The van der Waals surface area contributed by atoms with Crippen molar-refractivity contribution in [1.29, 1.82) is 0 Å². The fourth-order valence-corrected chi connectivity index (χ4v) is 5.02. The van der Waals surface area contributed by atoms with Gasteiger partial charge in [-0.25, -0.2) is 19.9 Å². The Hall–Kier alpha value is -3.75. The lowest BCUT2D eigenvalue weighted by Crippen LogP contribution is -2.34. The first-order valence-corrected chi connectivity index (χ1v) is 12.2. The van der Waals surface area contributed by atoms with Crippen molar-refractivity contribution in [2.45, 2.75) is 45.1 Å². The Bertz CT molecular complexity index is 1230. The number of aromatic nitrogens is 4. The number of nitrogens with two attached hydrogens (primary N) is 1. The number of anilines is 2. The van der Waals surface area contributed by atoms with Crippen LogP contribution in [0.5, 0.6) is 5.75 Å². The minimum atomic E-state index is -0.220. The molecule has 2 saturated heterocycles. The van der Waals surface area contributed by atoms with Crippen LogP contribution in [0.1, 0.15) is 60.0 Å². The van der Waals surface area contributed by atoms with E-state index in [2.05, 4.69) is 19.9 Å². The van der Waals surface area contributed by atoms with E-state index in [1.165, 1.54) is 6.42 Å². The molecule has 0 radical (unpaired) electrons. The predicted octanol–water partition coefficient (Wildman–Crippen LogP) is 3.80. The number of rotatable bonds is 5. The van der Waals surface area contributed by atoms with Gasteiger partial charge in [0.1, 0.15) is 11.4 Å². The SMILES string of the molecule is COc1cccc(-c2cnc(N)nc2[C@@H]2CCCN2C(=O)c2cc(C)nc(N3CCCCC3)n2)c1. The lowest BCUT2D eigenvalue weighted by Gasteiger charge is -2.28. The molecule has 1 amide bonds. The molecule has 0 spiro atoms. The highest BCUT2D eigenvalue weighted by molar-refractivity contribution is 5.93. The number of amides is 1. The van der Waals surface area contributed by atoms with Gasteiger partial charge >= 0.3 is 0 Å². The number of carbonyl (C=O) groups is 1. The van der Waals surface area contributed by atoms with Crippen molar-refractivity contribution in [3.05, 3.63) is 53.6 Å².